The molecule has 0 aliphatic heterocycles. The van der Waals surface area contributed by atoms with Gasteiger partial charge >= 0.3 is 5.97 Å². The van der Waals surface area contributed by atoms with Crippen molar-refractivity contribution in [3.8, 4) is 0 Å². The Hall–Kier alpha value is -1.92. The van der Waals surface area contributed by atoms with Crippen LogP contribution in [-0.4, -0.2) is 47.4 Å². The molecule has 3 N–H and O–H groups in total. The van der Waals surface area contributed by atoms with Crippen molar-refractivity contribution >= 4 is 11.9 Å². The van der Waals surface area contributed by atoms with E-state index in [-0.39, 0.29) is 18.5 Å². The van der Waals surface area contributed by atoms with Gasteiger partial charge in [0.25, 0.3) is 0 Å². The van der Waals surface area contributed by atoms with Crippen LogP contribution in [0.2, 0.25) is 0 Å². The molecular formula is C70H133NO5. The summed E-state index contributed by atoms with van der Waals surface area (Å²) in [6.45, 7) is 4.92. The van der Waals surface area contributed by atoms with Crippen molar-refractivity contribution in [3.63, 3.8) is 0 Å². The van der Waals surface area contributed by atoms with Crippen LogP contribution in [0.15, 0.2) is 36.5 Å². The third-order valence-corrected chi connectivity index (χ3v) is 15.9. The number of rotatable bonds is 64. The predicted octanol–water partition coefficient (Wildman–Crippen LogP) is 21.9. The SMILES string of the molecule is CCCCCCCCCCCC/C=C/C(O)C(CO)NC(=O)CCCCCCCCCCCCCCCCC/C=C\C/C=C\CCCCCCCCCCCOC(=O)CCCCCCCCCCCCCCCCCC. The fourth-order valence-electron chi connectivity index (χ4n) is 10.7. The first-order valence-corrected chi connectivity index (χ1v) is 34.3. The average Bonchev–Trinajstić information content (AvgIpc) is 3.42. The minimum absolute atomic E-state index is 0.0166. The van der Waals surface area contributed by atoms with Crippen LogP contribution >= 0.6 is 0 Å². The highest BCUT2D eigenvalue weighted by Crippen LogP contribution is 2.18. The largest absolute Gasteiger partial charge is 0.466 e. The quantitative estimate of drug-likeness (QED) is 0.0320. The Labute approximate surface area is 474 Å². The van der Waals surface area contributed by atoms with E-state index >= 15 is 0 Å². The molecule has 0 saturated heterocycles. The van der Waals surface area contributed by atoms with Gasteiger partial charge in [-0.3, -0.25) is 9.59 Å². The Morgan fingerprint density at radius 1 is 0.368 bits per heavy atom. The lowest BCUT2D eigenvalue weighted by Gasteiger charge is -2.20. The number of esters is 1. The van der Waals surface area contributed by atoms with Gasteiger partial charge in [-0.1, -0.05) is 333 Å². The maximum absolute atomic E-state index is 12.4. The highest BCUT2D eigenvalue weighted by atomic mass is 16.5. The summed E-state index contributed by atoms with van der Waals surface area (Å²) in [4.78, 5) is 24.5. The monoisotopic (exact) mass is 1070 g/mol. The highest BCUT2D eigenvalue weighted by Gasteiger charge is 2.18. The van der Waals surface area contributed by atoms with E-state index < -0.39 is 12.1 Å². The van der Waals surface area contributed by atoms with Gasteiger partial charge in [-0.2, -0.15) is 0 Å². The van der Waals surface area contributed by atoms with Crippen molar-refractivity contribution in [2.75, 3.05) is 13.2 Å². The van der Waals surface area contributed by atoms with Gasteiger partial charge in [0.05, 0.1) is 25.4 Å². The molecular weight excluding hydrogens is 935 g/mol. The van der Waals surface area contributed by atoms with Crippen LogP contribution in [0.5, 0.6) is 0 Å². The molecule has 0 spiro atoms. The van der Waals surface area contributed by atoms with Crippen LogP contribution in [0.3, 0.4) is 0 Å². The molecule has 6 heteroatoms. The Morgan fingerprint density at radius 3 is 1.00 bits per heavy atom. The number of carbonyl (C=O) groups excluding carboxylic acids is 2. The molecule has 0 aromatic rings. The topological polar surface area (TPSA) is 95.9 Å². The number of nitrogens with one attached hydrogen (secondary N) is 1. The van der Waals surface area contributed by atoms with Gasteiger partial charge in [0.1, 0.15) is 0 Å². The van der Waals surface area contributed by atoms with Crippen LogP contribution in [0.1, 0.15) is 373 Å². The van der Waals surface area contributed by atoms with Crippen molar-refractivity contribution in [1.29, 1.82) is 0 Å². The number of carbonyl (C=O) groups is 2. The lowest BCUT2D eigenvalue weighted by molar-refractivity contribution is -0.143. The second kappa shape index (κ2) is 65.6. The maximum Gasteiger partial charge on any atom is 0.305 e. The zero-order valence-corrected chi connectivity index (χ0v) is 51.3. The van der Waals surface area contributed by atoms with Gasteiger partial charge in [-0.25, -0.2) is 0 Å². The van der Waals surface area contributed by atoms with Gasteiger partial charge < -0.3 is 20.3 Å². The van der Waals surface area contributed by atoms with Gasteiger partial charge in [0, 0.05) is 12.8 Å². The molecule has 0 fully saturated rings. The zero-order valence-electron chi connectivity index (χ0n) is 51.3. The number of amides is 1. The fraction of sp³-hybridized carbons (Fsp3) is 0.886. The number of allylic oxidation sites excluding steroid dienone is 5. The average molecular weight is 1070 g/mol. The number of aliphatic hydroxyl groups excluding tert-OH is 2. The summed E-state index contributed by atoms with van der Waals surface area (Å²) in [5.74, 6) is -0.0503. The van der Waals surface area contributed by atoms with E-state index in [1.54, 1.807) is 6.08 Å². The van der Waals surface area contributed by atoms with Crippen molar-refractivity contribution in [2.24, 2.45) is 0 Å². The Balaban J connectivity index is 3.38. The van der Waals surface area contributed by atoms with Gasteiger partial charge in [-0.15, -0.1) is 0 Å². The third-order valence-electron chi connectivity index (χ3n) is 15.9. The molecule has 2 atom stereocenters. The summed E-state index contributed by atoms with van der Waals surface area (Å²) < 4.78 is 5.50. The summed E-state index contributed by atoms with van der Waals surface area (Å²) in [5.41, 5.74) is 0. The van der Waals surface area contributed by atoms with E-state index in [4.69, 9.17) is 4.74 Å². The second-order valence-corrected chi connectivity index (χ2v) is 23.5. The summed E-state index contributed by atoms with van der Waals surface area (Å²) in [5, 5.41) is 23.1. The molecule has 1 amide bonds. The molecule has 0 aromatic heterocycles. The molecule has 0 rings (SSSR count). The molecule has 0 aliphatic rings. The van der Waals surface area contributed by atoms with Gasteiger partial charge in [0.15, 0.2) is 0 Å². The van der Waals surface area contributed by atoms with E-state index in [2.05, 4.69) is 43.5 Å². The first kappa shape index (κ1) is 74.1. The van der Waals surface area contributed by atoms with E-state index in [1.807, 2.05) is 6.08 Å². The van der Waals surface area contributed by atoms with Crippen LogP contribution in [0.25, 0.3) is 0 Å². The molecule has 0 aliphatic carbocycles. The van der Waals surface area contributed by atoms with E-state index in [0.29, 0.717) is 19.4 Å². The molecule has 0 radical (unpaired) electrons. The molecule has 0 bridgehead atoms. The van der Waals surface area contributed by atoms with Crippen LogP contribution in [0, 0.1) is 0 Å². The zero-order chi connectivity index (χ0) is 55.0. The number of aliphatic hydroxyl groups is 2. The molecule has 2 unspecified atom stereocenters. The van der Waals surface area contributed by atoms with E-state index in [9.17, 15) is 19.8 Å². The molecule has 0 saturated carbocycles. The van der Waals surface area contributed by atoms with Crippen molar-refractivity contribution in [1.82, 2.24) is 5.32 Å². The molecule has 448 valence electrons. The number of ether oxygens (including phenoxy) is 1. The van der Waals surface area contributed by atoms with Crippen molar-refractivity contribution in [3.05, 3.63) is 36.5 Å². The maximum atomic E-state index is 12.4. The van der Waals surface area contributed by atoms with E-state index in [0.717, 1.165) is 44.9 Å². The third kappa shape index (κ3) is 61.3. The summed E-state index contributed by atoms with van der Waals surface area (Å²) in [7, 11) is 0. The van der Waals surface area contributed by atoms with Gasteiger partial charge in [-0.05, 0) is 64.2 Å². The van der Waals surface area contributed by atoms with Crippen LogP contribution < -0.4 is 5.32 Å². The lowest BCUT2D eigenvalue weighted by atomic mass is 10.0. The summed E-state index contributed by atoms with van der Waals surface area (Å²) >= 11 is 0. The minimum atomic E-state index is -0.843. The Bertz CT molecular complexity index is 1230. The number of hydrogen-bond acceptors (Lipinski definition) is 5. The summed E-state index contributed by atoms with van der Waals surface area (Å²) in [6.07, 6.45) is 83.7. The van der Waals surface area contributed by atoms with Crippen molar-refractivity contribution < 1.29 is 24.5 Å². The van der Waals surface area contributed by atoms with E-state index in [1.165, 1.54) is 302 Å². The van der Waals surface area contributed by atoms with Crippen LogP contribution in [0.4, 0.5) is 0 Å². The Kier molecular flexibility index (Phi) is 63.9. The number of unbranched alkanes of at least 4 members (excludes halogenated alkanes) is 49. The first-order chi connectivity index (χ1) is 37.5. The van der Waals surface area contributed by atoms with Crippen molar-refractivity contribution in [2.45, 2.75) is 386 Å². The molecule has 0 aromatic carbocycles. The standard InChI is InChI=1S/C70H133NO5/c1-3-5-7-9-11-13-15-17-18-37-40-44-48-52-56-60-64-70(75)76-65-61-57-53-49-45-41-38-35-33-31-29-27-25-23-21-19-20-22-24-26-28-30-32-34-36-39-43-47-51-55-59-63-69(74)71-67(66-72)68(73)62-58-54-50-46-42-16-14-12-10-8-6-4-2/h21,23,27,29,58,62,67-68,72-73H,3-20,22,24-26,28,30-57,59-61,63-66H2,1-2H3,(H,71,74)/b23-21-,29-27-,62-58+. The minimum Gasteiger partial charge on any atom is -0.466 e. The first-order valence-electron chi connectivity index (χ1n) is 34.3. The molecule has 76 heavy (non-hydrogen) atoms. The molecule has 0 heterocycles. The summed E-state index contributed by atoms with van der Waals surface area (Å²) in [6, 6.07) is -0.626. The van der Waals surface area contributed by atoms with Gasteiger partial charge in [0.2, 0.25) is 5.91 Å². The molecule has 6 nitrogen and oxygen atoms in total. The lowest BCUT2D eigenvalue weighted by Crippen LogP contribution is -2.45. The van der Waals surface area contributed by atoms with Crippen LogP contribution in [-0.2, 0) is 14.3 Å². The normalized spacial score (nSPS) is 12.7. The second-order valence-electron chi connectivity index (χ2n) is 23.5. The fourth-order valence-corrected chi connectivity index (χ4v) is 10.7. The number of hydrogen-bond donors (Lipinski definition) is 3. The predicted molar refractivity (Wildman–Crippen MR) is 333 cm³/mol. The smallest absolute Gasteiger partial charge is 0.305 e. The highest BCUT2D eigenvalue weighted by molar-refractivity contribution is 5.76. The Morgan fingerprint density at radius 2 is 0.658 bits per heavy atom.